The van der Waals surface area contributed by atoms with Crippen LogP contribution in [-0.2, 0) is 6.42 Å². The van der Waals surface area contributed by atoms with Gasteiger partial charge in [0.05, 0.1) is 13.2 Å². The summed E-state index contributed by atoms with van der Waals surface area (Å²) in [5, 5.41) is 7.48. The predicted octanol–water partition coefficient (Wildman–Crippen LogP) is 3.57. The van der Waals surface area contributed by atoms with Crippen molar-refractivity contribution < 1.29 is 4.74 Å². The average molecular weight is 322 g/mol. The number of ether oxygens (including phenoxy) is 1. The van der Waals surface area contributed by atoms with Crippen molar-refractivity contribution >= 4 is 23.0 Å². The first-order valence-corrected chi connectivity index (χ1v) is 8.20. The molecule has 0 aromatic heterocycles. The van der Waals surface area contributed by atoms with Gasteiger partial charge in [0, 0.05) is 11.3 Å². The molecule has 0 radical (unpaired) electrons. The van der Waals surface area contributed by atoms with Gasteiger partial charge in [0.25, 0.3) is 0 Å². The number of aryl methyl sites for hydroxylation is 1. The van der Waals surface area contributed by atoms with E-state index in [0.717, 1.165) is 24.3 Å². The summed E-state index contributed by atoms with van der Waals surface area (Å²) in [6.45, 7) is 0. The number of nitrogens with one attached hydrogen (secondary N) is 2. The molecule has 1 atom stereocenters. The summed E-state index contributed by atoms with van der Waals surface area (Å²) in [5.74, 6) is 0.906. The molecule has 1 heterocycles. The Morgan fingerprint density at radius 1 is 1.09 bits per heavy atom. The third-order valence-corrected chi connectivity index (χ3v) is 4.78. The van der Waals surface area contributed by atoms with E-state index in [1.54, 1.807) is 7.11 Å². The molecule has 23 heavy (non-hydrogen) atoms. The van der Waals surface area contributed by atoms with Gasteiger partial charge in [0.1, 0.15) is 5.75 Å². The maximum Gasteiger partial charge on any atom is 0.171 e. The van der Waals surface area contributed by atoms with Crippen LogP contribution in [0.2, 0.25) is 0 Å². The first-order valence-electron chi connectivity index (χ1n) is 7.79. The lowest BCUT2D eigenvalue weighted by molar-refractivity contribution is 0.414. The molecule has 4 rings (SSSR count). The van der Waals surface area contributed by atoms with E-state index in [1.165, 1.54) is 22.3 Å². The Bertz CT molecular complexity index is 798. The Morgan fingerprint density at radius 2 is 1.91 bits per heavy atom. The van der Waals surface area contributed by atoms with Crippen LogP contribution in [-0.4, -0.2) is 12.2 Å². The molecule has 2 aromatic carbocycles. The van der Waals surface area contributed by atoms with Gasteiger partial charge >= 0.3 is 0 Å². The second kappa shape index (κ2) is 5.70. The smallest absolute Gasteiger partial charge is 0.171 e. The van der Waals surface area contributed by atoms with E-state index in [1.807, 2.05) is 12.1 Å². The Morgan fingerprint density at radius 3 is 2.70 bits per heavy atom. The van der Waals surface area contributed by atoms with Gasteiger partial charge in [-0.05, 0) is 60.0 Å². The van der Waals surface area contributed by atoms with Crippen LogP contribution >= 0.6 is 12.2 Å². The van der Waals surface area contributed by atoms with Gasteiger partial charge in [0.15, 0.2) is 5.11 Å². The monoisotopic (exact) mass is 322 g/mol. The van der Waals surface area contributed by atoms with Crippen LogP contribution in [0.4, 0.5) is 0 Å². The average Bonchev–Trinajstić information content (AvgIpc) is 2.61. The molecule has 2 aliphatic rings. The molecular formula is C19H18N2OS. The zero-order chi connectivity index (χ0) is 15.8. The van der Waals surface area contributed by atoms with Crippen molar-refractivity contribution in [3.8, 4) is 5.75 Å². The quantitative estimate of drug-likeness (QED) is 0.828. The Kier molecular flexibility index (Phi) is 3.54. The van der Waals surface area contributed by atoms with Crippen molar-refractivity contribution in [3.63, 3.8) is 0 Å². The number of benzene rings is 2. The maximum absolute atomic E-state index is 5.45. The maximum atomic E-state index is 5.45. The highest BCUT2D eigenvalue weighted by Crippen LogP contribution is 2.39. The van der Waals surface area contributed by atoms with Crippen molar-refractivity contribution in [2.45, 2.75) is 18.9 Å². The Balaban J connectivity index is 1.83. The molecule has 0 amide bonds. The molecule has 0 unspecified atom stereocenters. The zero-order valence-electron chi connectivity index (χ0n) is 12.9. The number of rotatable bonds is 2. The Labute approximate surface area is 141 Å². The standard InChI is InChI=1S/C19H18N2OS/c1-22-14-8-10-15-13(11-14)7-9-16-17(12-5-3-2-4-6-12)20-19(23)21-18(15)16/h2-6,8,10-11,17H,7,9H2,1H3,(H2,20,21,23)/t17-/m0/s1. The molecule has 1 aliphatic heterocycles. The molecule has 4 heteroatoms. The van der Waals surface area contributed by atoms with Gasteiger partial charge in [-0.1, -0.05) is 30.3 Å². The van der Waals surface area contributed by atoms with E-state index in [4.69, 9.17) is 17.0 Å². The number of hydrogen-bond donors (Lipinski definition) is 2. The predicted molar refractivity (Wildman–Crippen MR) is 96.3 cm³/mol. The van der Waals surface area contributed by atoms with Crippen LogP contribution in [0.15, 0.2) is 54.1 Å². The number of hydrogen-bond acceptors (Lipinski definition) is 2. The summed E-state index contributed by atoms with van der Waals surface area (Å²) >= 11 is 5.45. The van der Waals surface area contributed by atoms with Gasteiger partial charge in [-0.2, -0.15) is 0 Å². The van der Waals surface area contributed by atoms with Crippen LogP contribution in [0.3, 0.4) is 0 Å². The minimum atomic E-state index is 0.148. The Hall–Kier alpha value is -2.33. The molecule has 3 nitrogen and oxygen atoms in total. The molecule has 0 fully saturated rings. The number of methoxy groups -OCH3 is 1. The fourth-order valence-electron chi connectivity index (χ4n) is 3.45. The van der Waals surface area contributed by atoms with Crippen molar-refractivity contribution in [1.82, 2.24) is 10.6 Å². The highest BCUT2D eigenvalue weighted by molar-refractivity contribution is 7.80. The lowest BCUT2D eigenvalue weighted by Gasteiger charge is -2.35. The molecule has 0 saturated carbocycles. The fraction of sp³-hybridized carbons (Fsp3) is 0.211. The summed E-state index contributed by atoms with van der Waals surface area (Å²) in [6.07, 6.45) is 2.03. The van der Waals surface area contributed by atoms with Crippen molar-refractivity contribution in [2.75, 3.05) is 7.11 Å². The van der Waals surface area contributed by atoms with E-state index >= 15 is 0 Å². The molecule has 2 N–H and O–H groups in total. The first kappa shape index (κ1) is 14.3. The van der Waals surface area contributed by atoms with Gasteiger partial charge < -0.3 is 15.4 Å². The van der Waals surface area contributed by atoms with Crippen LogP contribution < -0.4 is 15.4 Å². The summed E-state index contributed by atoms with van der Waals surface area (Å²) in [4.78, 5) is 0. The summed E-state index contributed by atoms with van der Waals surface area (Å²) < 4.78 is 5.35. The highest BCUT2D eigenvalue weighted by atomic mass is 32.1. The van der Waals surface area contributed by atoms with Crippen LogP contribution in [0.1, 0.15) is 29.2 Å². The van der Waals surface area contributed by atoms with Crippen molar-refractivity contribution in [2.24, 2.45) is 0 Å². The molecule has 1 aliphatic carbocycles. The second-order valence-corrected chi connectivity index (χ2v) is 6.27. The molecule has 2 aromatic rings. The largest absolute Gasteiger partial charge is 0.497 e. The third kappa shape index (κ3) is 2.49. The first-order chi connectivity index (χ1) is 11.3. The van der Waals surface area contributed by atoms with Crippen molar-refractivity contribution in [1.29, 1.82) is 0 Å². The van der Waals surface area contributed by atoms with E-state index in [9.17, 15) is 0 Å². The summed E-state index contributed by atoms with van der Waals surface area (Å²) in [7, 11) is 1.71. The van der Waals surface area contributed by atoms with Gasteiger partial charge in [-0.25, -0.2) is 0 Å². The van der Waals surface area contributed by atoms with Crippen molar-refractivity contribution in [3.05, 3.63) is 70.8 Å². The van der Waals surface area contributed by atoms with E-state index in [2.05, 4.69) is 47.0 Å². The van der Waals surface area contributed by atoms with Gasteiger partial charge in [0.2, 0.25) is 0 Å². The molecule has 0 bridgehead atoms. The lowest BCUT2D eigenvalue weighted by atomic mass is 9.83. The number of fused-ring (bicyclic) bond motifs is 2. The molecular weight excluding hydrogens is 304 g/mol. The topological polar surface area (TPSA) is 33.3 Å². The van der Waals surface area contributed by atoms with Gasteiger partial charge in [-0.15, -0.1) is 0 Å². The van der Waals surface area contributed by atoms with Gasteiger partial charge in [-0.3, -0.25) is 0 Å². The molecule has 116 valence electrons. The van der Waals surface area contributed by atoms with E-state index in [-0.39, 0.29) is 6.04 Å². The normalized spacial score (nSPS) is 19.3. The third-order valence-electron chi connectivity index (χ3n) is 4.56. The minimum absolute atomic E-state index is 0.148. The van der Waals surface area contributed by atoms with Crippen LogP contribution in [0.25, 0.3) is 5.70 Å². The highest BCUT2D eigenvalue weighted by Gasteiger charge is 2.30. The van der Waals surface area contributed by atoms with E-state index in [0.29, 0.717) is 5.11 Å². The summed E-state index contributed by atoms with van der Waals surface area (Å²) in [5.41, 5.74) is 6.33. The second-order valence-electron chi connectivity index (χ2n) is 5.87. The van der Waals surface area contributed by atoms with E-state index < -0.39 is 0 Å². The number of thiocarbonyl (C=S) groups is 1. The minimum Gasteiger partial charge on any atom is -0.497 e. The summed E-state index contributed by atoms with van der Waals surface area (Å²) in [6, 6.07) is 16.9. The molecule has 0 spiro atoms. The zero-order valence-corrected chi connectivity index (χ0v) is 13.7. The fourth-order valence-corrected chi connectivity index (χ4v) is 3.67. The molecule has 0 saturated heterocycles. The van der Waals surface area contributed by atoms with Crippen LogP contribution in [0.5, 0.6) is 5.75 Å². The van der Waals surface area contributed by atoms with Crippen LogP contribution in [0, 0.1) is 0 Å². The SMILES string of the molecule is COc1ccc2c(c1)CCC1=C2NC(=S)N[C@H]1c1ccccc1. The lowest BCUT2D eigenvalue weighted by Crippen LogP contribution is -2.44.